The average Bonchev–Trinajstić information content (AvgIpc) is 2.71. The van der Waals surface area contributed by atoms with Gasteiger partial charge in [0.2, 0.25) is 17.7 Å². The summed E-state index contributed by atoms with van der Waals surface area (Å²) in [6.07, 6.45) is -0.651. The van der Waals surface area contributed by atoms with Crippen molar-refractivity contribution >= 4 is 29.7 Å². The van der Waals surface area contributed by atoms with Gasteiger partial charge in [-0.05, 0) is 18.9 Å². The molecule has 4 unspecified atom stereocenters. The molecule has 3 amide bonds. The third kappa shape index (κ3) is 8.80. The maximum Gasteiger partial charge on any atom is 0.326 e. The van der Waals surface area contributed by atoms with Crippen LogP contribution in [-0.2, 0) is 30.4 Å². The summed E-state index contributed by atoms with van der Waals surface area (Å²) in [7, 11) is 0. The highest BCUT2D eigenvalue weighted by molar-refractivity contribution is 5.94. The molecule has 170 valence electrons. The van der Waals surface area contributed by atoms with Gasteiger partial charge in [0.05, 0.1) is 19.1 Å². The minimum absolute atomic E-state index is 0.200. The molecule has 0 spiro atoms. The fourth-order valence-electron chi connectivity index (χ4n) is 2.48. The zero-order valence-electron chi connectivity index (χ0n) is 16.8. The standard InChI is InChI=1S/C19H26N4O8/c1-10(16(27)22-13(19(30)31)8-15(25)26)21-18(29)14(9-24)23-17(28)12(20)7-11-5-3-2-4-6-11/h2-6,10,12-14,24H,7-9,20H2,1H3,(H,21,29)(H,22,27)(H,23,28)(H,25,26)(H,30,31). The number of carbonyl (C=O) groups is 5. The monoisotopic (exact) mass is 438 g/mol. The minimum atomic E-state index is -1.69. The van der Waals surface area contributed by atoms with Gasteiger partial charge >= 0.3 is 11.9 Å². The van der Waals surface area contributed by atoms with E-state index in [0.717, 1.165) is 5.56 Å². The van der Waals surface area contributed by atoms with Crippen LogP contribution in [0, 0.1) is 0 Å². The van der Waals surface area contributed by atoms with Crippen LogP contribution >= 0.6 is 0 Å². The van der Waals surface area contributed by atoms with Gasteiger partial charge in [-0.25, -0.2) is 4.79 Å². The zero-order chi connectivity index (χ0) is 23.6. The summed E-state index contributed by atoms with van der Waals surface area (Å²) in [4.78, 5) is 58.3. The largest absolute Gasteiger partial charge is 0.481 e. The van der Waals surface area contributed by atoms with Gasteiger partial charge in [0.1, 0.15) is 18.1 Å². The van der Waals surface area contributed by atoms with Crippen molar-refractivity contribution in [2.75, 3.05) is 6.61 Å². The molecule has 8 N–H and O–H groups in total. The van der Waals surface area contributed by atoms with E-state index in [4.69, 9.17) is 15.9 Å². The van der Waals surface area contributed by atoms with Gasteiger partial charge in [0, 0.05) is 0 Å². The number of nitrogens with two attached hydrogens (primary N) is 1. The van der Waals surface area contributed by atoms with Crippen molar-refractivity contribution in [3.05, 3.63) is 35.9 Å². The number of carboxylic acids is 2. The molecule has 0 bridgehead atoms. The van der Waals surface area contributed by atoms with E-state index in [-0.39, 0.29) is 6.42 Å². The van der Waals surface area contributed by atoms with Gasteiger partial charge in [0.25, 0.3) is 0 Å². The number of aliphatic hydroxyl groups excluding tert-OH is 1. The van der Waals surface area contributed by atoms with Crippen LogP contribution < -0.4 is 21.7 Å². The van der Waals surface area contributed by atoms with E-state index in [0.29, 0.717) is 0 Å². The van der Waals surface area contributed by atoms with Gasteiger partial charge in [-0.3, -0.25) is 19.2 Å². The van der Waals surface area contributed by atoms with E-state index in [1.165, 1.54) is 6.92 Å². The number of carbonyl (C=O) groups excluding carboxylic acids is 3. The number of rotatable bonds is 12. The van der Waals surface area contributed by atoms with Crippen LogP contribution in [0.5, 0.6) is 0 Å². The van der Waals surface area contributed by atoms with Gasteiger partial charge in [-0.2, -0.15) is 0 Å². The van der Waals surface area contributed by atoms with Gasteiger partial charge in [0.15, 0.2) is 0 Å². The summed E-state index contributed by atoms with van der Waals surface area (Å²) in [5.41, 5.74) is 6.63. The number of nitrogens with one attached hydrogen (secondary N) is 3. The molecule has 12 heteroatoms. The van der Waals surface area contributed by atoms with Crippen molar-refractivity contribution in [3.8, 4) is 0 Å². The lowest BCUT2D eigenvalue weighted by Gasteiger charge is -2.22. The molecule has 0 aliphatic carbocycles. The van der Waals surface area contributed by atoms with Crippen molar-refractivity contribution in [1.82, 2.24) is 16.0 Å². The van der Waals surface area contributed by atoms with E-state index in [1.807, 2.05) is 5.32 Å². The molecule has 1 aromatic carbocycles. The number of aliphatic carboxylic acids is 2. The molecule has 0 aliphatic rings. The smallest absolute Gasteiger partial charge is 0.326 e. The molecule has 1 rings (SSSR count). The first-order valence-corrected chi connectivity index (χ1v) is 9.31. The molecule has 0 aliphatic heterocycles. The highest BCUT2D eigenvalue weighted by atomic mass is 16.4. The molecule has 1 aromatic rings. The number of amides is 3. The number of aliphatic hydroxyl groups is 1. The summed E-state index contributed by atoms with van der Waals surface area (Å²) in [6, 6.07) is 3.57. The first-order valence-electron chi connectivity index (χ1n) is 9.31. The molecule has 0 saturated heterocycles. The lowest BCUT2D eigenvalue weighted by atomic mass is 10.1. The second-order valence-electron chi connectivity index (χ2n) is 6.77. The maximum atomic E-state index is 12.3. The van der Waals surface area contributed by atoms with Crippen LogP contribution in [0.15, 0.2) is 30.3 Å². The third-order valence-electron chi connectivity index (χ3n) is 4.20. The number of hydrogen-bond donors (Lipinski definition) is 7. The van der Waals surface area contributed by atoms with E-state index in [9.17, 15) is 29.1 Å². The molecule has 0 saturated carbocycles. The van der Waals surface area contributed by atoms with Crippen molar-refractivity contribution in [2.24, 2.45) is 5.73 Å². The van der Waals surface area contributed by atoms with Crippen molar-refractivity contribution in [2.45, 2.75) is 43.9 Å². The van der Waals surface area contributed by atoms with E-state index < -0.39 is 66.9 Å². The lowest BCUT2D eigenvalue weighted by molar-refractivity contribution is -0.147. The predicted octanol–water partition coefficient (Wildman–Crippen LogP) is -2.42. The molecule has 0 fully saturated rings. The first kappa shape index (κ1) is 25.5. The number of hydrogen-bond acceptors (Lipinski definition) is 7. The van der Waals surface area contributed by atoms with Gasteiger partial charge in [-0.1, -0.05) is 30.3 Å². The van der Waals surface area contributed by atoms with Crippen molar-refractivity contribution < 1.29 is 39.3 Å². The Labute approximate surface area is 177 Å². The average molecular weight is 438 g/mol. The van der Waals surface area contributed by atoms with Crippen LogP contribution in [0.25, 0.3) is 0 Å². The fourth-order valence-corrected chi connectivity index (χ4v) is 2.48. The van der Waals surface area contributed by atoms with Crippen LogP contribution in [0.1, 0.15) is 18.9 Å². The Morgan fingerprint density at radius 3 is 2.00 bits per heavy atom. The Morgan fingerprint density at radius 1 is 0.903 bits per heavy atom. The normalized spacial score (nSPS) is 14.4. The molecule has 31 heavy (non-hydrogen) atoms. The van der Waals surface area contributed by atoms with Crippen LogP contribution in [-0.4, -0.2) is 75.8 Å². The van der Waals surface area contributed by atoms with E-state index in [1.54, 1.807) is 30.3 Å². The first-order chi connectivity index (χ1) is 14.5. The number of carboxylic acid groups (broad SMARTS) is 2. The van der Waals surface area contributed by atoms with Crippen LogP contribution in [0.4, 0.5) is 0 Å². The molecule has 0 radical (unpaired) electrons. The second-order valence-corrected chi connectivity index (χ2v) is 6.77. The molecule has 0 heterocycles. The Bertz CT molecular complexity index is 801. The topological polar surface area (TPSA) is 208 Å². The van der Waals surface area contributed by atoms with E-state index in [2.05, 4.69) is 10.6 Å². The van der Waals surface area contributed by atoms with Gasteiger partial charge < -0.3 is 37.0 Å². The molecular formula is C19H26N4O8. The van der Waals surface area contributed by atoms with Gasteiger partial charge in [-0.15, -0.1) is 0 Å². The Kier molecular flexibility index (Phi) is 10.1. The quantitative estimate of drug-likeness (QED) is 0.185. The number of benzene rings is 1. The molecular weight excluding hydrogens is 412 g/mol. The van der Waals surface area contributed by atoms with E-state index >= 15 is 0 Å². The maximum absolute atomic E-state index is 12.3. The molecule has 0 aromatic heterocycles. The summed E-state index contributed by atoms with van der Waals surface area (Å²) >= 11 is 0. The summed E-state index contributed by atoms with van der Waals surface area (Å²) in [5, 5.41) is 33.6. The van der Waals surface area contributed by atoms with Crippen molar-refractivity contribution in [1.29, 1.82) is 0 Å². The summed E-state index contributed by atoms with van der Waals surface area (Å²) in [5.74, 6) is -5.54. The Balaban J connectivity index is 2.63. The Hall–Kier alpha value is -3.51. The molecule has 4 atom stereocenters. The molecule has 12 nitrogen and oxygen atoms in total. The predicted molar refractivity (Wildman–Crippen MR) is 107 cm³/mol. The fraction of sp³-hybridized carbons (Fsp3) is 0.421. The highest BCUT2D eigenvalue weighted by Gasteiger charge is 2.29. The second kappa shape index (κ2) is 12.2. The zero-order valence-corrected chi connectivity index (χ0v) is 16.8. The summed E-state index contributed by atoms with van der Waals surface area (Å²) < 4.78 is 0. The SMILES string of the molecule is CC(NC(=O)C(CO)NC(=O)C(N)Cc1ccccc1)C(=O)NC(CC(=O)O)C(=O)O. The Morgan fingerprint density at radius 2 is 1.48 bits per heavy atom. The van der Waals surface area contributed by atoms with Crippen LogP contribution in [0.3, 0.4) is 0 Å². The summed E-state index contributed by atoms with van der Waals surface area (Å²) in [6.45, 7) is 0.449. The highest BCUT2D eigenvalue weighted by Crippen LogP contribution is 2.02. The lowest BCUT2D eigenvalue weighted by Crippen LogP contribution is -2.57. The minimum Gasteiger partial charge on any atom is -0.481 e. The van der Waals surface area contributed by atoms with Crippen LogP contribution in [0.2, 0.25) is 0 Å². The van der Waals surface area contributed by atoms with Crippen molar-refractivity contribution in [3.63, 3.8) is 0 Å². The third-order valence-corrected chi connectivity index (χ3v) is 4.20.